The van der Waals surface area contributed by atoms with Gasteiger partial charge in [-0.3, -0.25) is 14.4 Å². The van der Waals surface area contributed by atoms with E-state index in [1.54, 1.807) is 17.9 Å². The molecule has 1 aromatic carbocycles. The fourth-order valence-electron chi connectivity index (χ4n) is 5.15. The van der Waals surface area contributed by atoms with Crippen LogP contribution in [0.4, 0.5) is 5.69 Å². The molecule has 6 nitrogen and oxygen atoms in total. The van der Waals surface area contributed by atoms with E-state index >= 15 is 0 Å². The van der Waals surface area contributed by atoms with Gasteiger partial charge in [0.15, 0.2) is 11.5 Å². The van der Waals surface area contributed by atoms with Crippen LogP contribution < -0.4 is 14.4 Å². The van der Waals surface area contributed by atoms with E-state index in [2.05, 4.69) is 13.8 Å². The van der Waals surface area contributed by atoms with Gasteiger partial charge in [0.2, 0.25) is 5.91 Å². The van der Waals surface area contributed by atoms with Crippen LogP contribution in [-0.4, -0.2) is 24.4 Å². The number of carbonyl (C=O) groups excluding carboxylic acids is 3. The first-order chi connectivity index (χ1) is 19.3. The standard InChI is InChI=1S/C34H57NO5/c1-6-8-10-11-12-13-14-15-16-17-18-19-20-21-22-24-31-26-32(35(28(3)36)25-23-9-7-2)27-33(39-29(4)37)34(31)40-30(5)38/h26-27H,6-25H2,1-5H3. The highest BCUT2D eigenvalue weighted by molar-refractivity contribution is 5.92. The Hall–Kier alpha value is -2.37. The molecule has 0 saturated heterocycles. The molecular formula is C34H57NO5. The fraction of sp³-hybridized carbons (Fsp3) is 0.735. The molecule has 1 aromatic rings. The van der Waals surface area contributed by atoms with Crippen molar-refractivity contribution in [1.29, 1.82) is 0 Å². The first kappa shape index (κ1) is 35.7. The topological polar surface area (TPSA) is 72.9 Å². The Balaban J connectivity index is 2.65. The van der Waals surface area contributed by atoms with E-state index in [0.29, 0.717) is 18.7 Å². The molecule has 6 heteroatoms. The quantitative estimate of drug-likeness (QED) is 0.0758. The van der Waals surface area contributed by atoms with Gasteiger partial charge in [-0.05, 0) is 25.3 Å². The molecule has 0 fully saturated rings. The van der Waals surface area contributed by atoms with Crippen molar-refractivity contribution in [3.05, 3.63) is 17.7 Å². The number of ether oxygens (including phenoxy) is 2. The SMILES string of the molecule is CCCCCCCCCCCCCCCCCc1cc(N(CCCCC)C(C)=O)cc(OC(C)=O)c1OC(C)=O. The molecule has 0 N–H and O–H groups in total. The van der Waals surface area contributed by atoms with E-state index in [-0.39, 0.29) is 17.4 Å². The minimum absolute atomic E-state index is 0.0666. The molecule has 0 unspecified atom stereocenters. The Morgan fingerprint density at radius 1 is 0.600 bits per heavy atom. The number of esters is 2. The van der Waals surface area contributed by atoms with Crippen molar-refractivity contribution in [1.82, 2.24) is 0 Å². The van der Waals surface area contributed by atoms with Gasteiger partial charge in [-0.1, -0.05) is 117 Å². The van der Waals surface area contributed by atoms with Crippen molar-refractivity contribution in [3.63, 3.8) is 0 Å². The number of carbonyl (C=O) groups is 3. The Morgan fingerprint density at radius 2 is 1.05 bits per heavy atom. The Kier molecular flexibility index (Phi) is 19.9. The van der Waals surface area contributed by atoms with Crippen LogP contribution in [-0.2, 0) is 20.8 Å². The molecule has 0 bridgehead atoms. The van der Waals surface area contributed by atoms with E-state index in [1.165, 1.54) is 97.3 Å². The highest BCUT2D eigenvalue weighted by atomic mass is 16.6. The van der Waals surface area contributed by atoms with Crippen LogP contribution in [0, 0.1) is 0 Å². The monoisotopic (exact) mass is 559 g/mol. The van der Waals surface area contributed by atoms with Crippen molar-refractivity contribution < 1.29 is 23.9 Å². The third kappa shape index (κ3) is 16.0. The number of hydrogen-bond acceptors (Lipinski definition) is 5. The molecule has 40 heavy (non-hydrogen) atoms. The van der Waals surface area contributed by atoms with Crippen LogP contribution in [0.1, 0.15) is 156 Å². The molecule has 0 atom stereocenters. The largest absolute Gasteiger partial charge is 0.423 e. The van der Waals surface area contributed by atoms with Crippen LogP contribution in [0.3, 0.4) is 0 Å². The number of anilines is 1. The second-order valence-electron chi connectivity index (χ2n) is 11.2. The number of aryl methyl sites for hydroxylation is 1. The maximum atomic E-state index is 12.5. The first-order valence-corrected chi connectivity index (χ1v) is 16.1. The number of benzene rings is 1. The number of hydrogen-bond donors (Lipinski definition) is 0. The van der Waals surface area contributed by atoms with E-state index in [4.69, 9.17) is 9.47 Å². The second-order valence-corrected chi connectivity index (χ2v) is 11.2. The minimum atomic E-state index is -0.496. The summed E-state index contributed by atoms with van der Waals surface area (Å²) in [6, 6.07) is 3.56. The summed E-state index contributed by atoms with van der Waals surface area (Å²) < 4.78 is 11.0. The normalized spacial score (nSPS) is 10.9. The predicted octanol–water partition coefficient (Wildman–Crippen LogP) is 9.49. The van der Waals surface area contributed by atoms with E-state index < -0.39 is 11.9 Å². The third-order valence-electron chi connectivity index (χ3n) is 7.34. The van der Waals surface area contributed by atoms with Crippen molar-refractivity contribution in [2.75, 3.05) is 11.4 Å². The van der Waals surface area contributed by atoms with Gasteiger partial charge in [-0.2, -0.15) is 0 Å². The maximum absolute atomic E-state index is 12.5. The van der Waals surface area contributed by atoms with Crippen molar-refractivity contribution in [3.8, 4) is 11.5 Å². The lowest BCUT2D eigenvalue weighted by molar-refractivity contribution is -0.134. The summed E-state index contributed by atoms with van der Waals surface area (Å²) in [6.07, 6.45) is 23.1. The number of nitrogens with zero attached hydrogens (tertiary/aromatic N) is 1. The molecule has 0 saturated carbocycles. The highest BCUT2D eigenvalue weighted by Gasteiger charge is 2.21. The average Bonchev–Trinajstić information content (AvgIpc) is 2.89. The van der Waals surface area contributed by atoms with Crippen LogP contribution in [0.5, 0.6) is 11.5 Å². The Morgan fingerprint density at radius 3 is 1.50 bits per heavy atom. The van der Waals surface area contributed by atoms with Gasteiger partial charge < -0.3 is 14.4 Å². The van der Waals surface area contributed by atoms with E-state index in [0.717, 1.165) is 37.7 Å². The number of amides is 1. The van der Waals surface area contributed by atoms with Crippen LogP contribution in [0.25, 0.3) is 0 Å². The zero-order chi connectivity index (χ0) is 29.6. The summed E-state index contributed by atoms with van der Waals surface area (Å²) in [5.41, 5.74) is 1.46. The summed E-state index contributed by atoms with van der Waals surface area (Å²) in [6.45, 7) is 9.20. The summed E-state index contributed by atoms with van der Waals surface area (Å²) in [5.74, 6) is -0.552. The lowest BCUT2D eigenvalue weighted by Gasteiger charge is -2.24. The molecule has 228 valence electrons. The van der Waals surface area contributed by atoms with Gasteiger partial charge in [0, 0.05) is 44.6 Å². The smallest absolute Gasteiger partial charge is 0.308 e. The maximum Gasteiger partial charge on any atom is 0.308 e. The summed E-state index contributed by atoms with van der Waals surface area (Å²) in [4.78, 5) is 37.9. The summed E-state index contributed by atoms with van der Waals surface area (Å²) in [7, 11) is 0. The van der Waals surface area contributed by atoms with E-state index in [9.17, 15) is 14.4 Å². The van der Waals surface area contributed by atoms with Crippen molar-refractivity contribution in [2.45, 2.75) is 157 Å². The molecule has 0 aliphatic carbocycles. The first-order valence-electron chi connectivity index (χ1n) is 16.1. The van der Waals surface area contributed by atoms with Crippen LogP contribution in [0.15, 0.2) is 12.1 Å². The lowest BCUT2D eigenvalue weighted by atomic mass is 10.0. The Bertz CT molecular complexity index is 866. The minimum Gasteiger partial charge on any atom is -0.423 e. The second kappa shape index (κ2) is 22.3. The summed E-state index contributed by atoms with van der Waals surface area (Å²) in [5, 5.41) is 0. The molecular weight excluding hydrogens is 502 g/mol. The molecule has 0 aromatic heterocycles. The molecule has 0 spiro atoms. The van der Waals surface area contributed by atoms with Crippen LogP contribution in [0.2, 0.25) is 0 Å². The van der Waals surface area contributed by atoms with Gasteiger partial charge in [0.1, 0.15) is 0 Å². The average molecular weight is 560 g/mol. The Labute approximate surface area is 244 Å². The van der Waals surface area contributed by atoms with Gasteiger partial charge in [0.05, 0.1) is 0 Å². The molecule has 0 heterocycles. The van der Waals surface area contributed by atoms with E-state index in [1.807, 2.05) is 6.07 Å². The van der Waals surface area contributed by atoms with Gasteiger partial charge in [0.25, 0.3) is 0 Å². The zero-order valence-electron chi connectivity index (χ0n) is 26.3. The molecule has 1 rings (SSSR count). The molecule has 0 radical (unpaired) electrons. The summed E-state index contributed by atoms with van der Waals surface area (Å²) >= 11 is 0. The number of unbranched alkanes of at least 4 members (excludes halogenated alkanes) is 16. The molecule has 0 aliphatic heterocycles. The third-order valence-corrected chi connectivity index (χ3v) is 7.34. The molecule has 1 amide bonds. The number of rotatable bonds is 23. The predicted molar refractivity (Wildman–Crippen MR) is 165 cm³/mol. The van der Waals surface area contributed by atoms with Gasteiger partial charge in [-0.15, -0.1) is 0 Å². The van der Waals surface area contributed by atoms with Gasteiger partial charge in [-0.25, -0.2) is 0 Å². The van der Waals surface area contributed by atoms with Crippen molar-refractivity contribution >= 4 is 23.5 Å². The molecule has 0 aliphatic rings. The zero-order valence-corrected chi connectivity index (χ0v) is 26.3. The van der Waals surface area contributed by atoms with Crippen LogP contribution >= 0.6 is 0 Å². The van der Waals surface area contributed by atoms with Gasteiger partial charge >= 0.3 is 11.9 Å². The lowest BCUT2D eigenvalue weighted by Crippen LogP contribution is -2.29. The van der Waals surface area contributed by atoms with Crippen molar-refractivity contribution in [2.24, 2.45) is 0 Å². The fourth-order valence-corrected chi connectivity index (χ4v) is 5.15. The highest BCUT2D eigenvalue weighted by Crippen LogP contribution is 2.38.